The van der Waals surface area contributed by atoms with Gasteiger partial charge in [0.1, 0.15) is 11.5 Å². The maximum absolute atomic E-state index is 5.95. The maximum atomic E-state index is 5.95. The van der Waals surface area contributed by atoms with Gasteiger partial charge in [0.2, 0.25) is 0 Å². The Morgan fingerprint density at radius 3 is 2.79 bits per heavy atom. The van der Waals surface area contributed by atoms with Crippen LogP contribution >= 0.6 is 0 Å². The molecule has 2 N–H and O–H groups in total. The number of guanidine groups is 1. The molecule has 0 bridgehead atoms. The van der Waals surface area contributed by atoms with Crippen molar-refractivity contribution in [1.29, 1.82) is 0 Å². The summed E-state index contributed by atoms with van der Waals surface area (Å²) in [5, 5.41) is 0. The van der Waals surface area contributed by atoms with E-state index in [1.807, 2.05) is 18.2 Å². The van der Waals surface area contributed by atoms with E-state index in [0.717, 1.165) is 30.0 Å². The minimum atomic E-state index is 0.154. The molecular formula is C14H21N3O2. The highest BCUT2D eigenvalue weighted by molar-refractivity contribution is 5.80. The van der Waals surface area contributed by atoms with E-state index in [-0.39, 0.29) is 6.04 Å². The Labute approximate surface area is 114 Å². The van der Waals surface area contributed by atoms with Crippen molar-refractivity contribution in [3.63, 3.8) is 0 Å². The van der Waals surface area contributed by atoms with Crippen molar-refractivity contribution in [3.05, 3.63) is 23.8 Å². The standard InChI is InChI=1S/C14H21N3O2/c1-4-7-17-12(9-16-14(17)15)11-6-5-10(18-2)8-13(11)19-3/h5-6,8,12H,4,7,9H2,1-3H3,(H2,15,16). The number of nitrogens with zero attached hydrogens (tertiary/aromatic N) is 2. The summed E-state index contributed by atoms with van der Waals surface area (Å²) < 4.78 is 10.7. The normalized spacial score (nSPS) is 18.4. The summed E-state index contributed by atoms with van der Waals surface area (Å²) in [5.41, 5.74) is 7.05. The van der Waals surface area contributed by atoms with Crippen LogP contribution in [-0.2, 0) is 0 Å². The summed E-state index contributed by atoms with van der Waals surface area (Å²) >= 11 is 0. The van der Waals surface area contributed by atoms with Gasteiger partial charge in [0, 0.05) is 18.2 Å². The Morgan fingerprint density at radius 2 is 2.16 bits per heavy atom. The van der Waals surface area contributed by atoms with Crippen molar-refractivity contribution < 1.29 is 9.47 Å². The van der Waals surface area contributed by atoms with E-state index in [1.165, 1.54) is 0 Å². The van der Waals surface area contributed by atoms with Gasteiger partial charge in [-0.05, 0) is 18.6 Å². The molecule has 1 unspecified atom stereocenters. The summed E-state index contributed by atoms with van der Waals surface area (Å²) in [6.07, 6.45) is 1.03. The zero-order valence-corrected chi connectivity index (χ0v) is 11.7. The van der Waals surface area contributed by atoms with Gasteiger partial charge < -0.3 is 20.1 Å². The molecule has 0 fully saturated rings. The quantitative estimate of drug-likeness (QED) is 0.879. The van der Waals surface area contributed by atoms with Crippen LogP contribution in [0.2, 0.25) is 0 Å². The fourth-order valence-electron chi connectivity index (χ4n) is 2.40. The summed E-state index contributed by atoms with van der Waals surface area (Å²) in [6, 6.07) is 6.02. The third-order valence-electron chi connectivity index (χ3n) is 3.36. The van der Waals surface area contributed by atoms with E-state index in [0.29, 0.717) is 12.5 Å². The Kier molecular flexibility index (Phi) is 4.14. The van der Waals surface area contributed by atoms with Gasteiger partial charge in [-0.25, -0.2) is 0 Å². The molecule has 1 aliphatic rings. The second-order valence-electron chi connectivity index (χ2n) is 4.52. The summed E-state index contributed by atoms with van der Waals surface area (Å²) in [6.45, 7) is 3.71. The fraction of sp³-hybridized carbons (Fsp3) is 0.500. The third-order valence-corrected chi connectivity index (χ3v) is 3.36. The van der Waals surface area contributed by atoms with Gasteiger partial charge in [0.15, 0.2) is 5.96 Å². The topological polar surface area (TPSA) is 60.1 Å². The first-order valence-corrected chi connectivity index (χ1v) is 6.49. The van der Waals surface area contributed by atoms with Gasteiger partial charge in [0.25, 0.3) is 0 Å². The number of hydrogen-bond acceptors (Lipinski definition) is 5. The van der Waals surface area contributed by atoms with Crippen LogP contribution in [0.4, 0.5) is 0 Å². The Bertz CT molecular complexity index is 474. The first kappa shape index (κ1) is 13.5. The van der Waals surface area contributed by atoms with Crippen molar-refractivity contribution in [3.8, 4) is 11.5 Å². The second-order valence-corrected chi connectivity index (χ2v) is 4.52. The number of aliphatic imine (C=N–C) groups is 1. The highest BCUT2D eigenvalue weighted by Crippen LogP contribution is 2.34. The molecule has 0 saturated heterocycles. The van der Waals surface area contributed by atoms with E-state index in [4.69, 9.17) is 15.2 Å². The first-order chi connectivity index (χ1) is 9.21. The van der Waals surface area contributed by atoms with Gasteiger partial charge in [-0.1, -0.05) is 6.92 Å². The molecule has 1 aromatic carbocycles. The van der Waals surface area contributed by atoms with E-state index >= 15 is 0 Å². The molecular weight excluding hydrogens is 242 g/mol. The third kappa shape index (κ3) is 2.59. The van der Waals surface area contributed by atoms with Crippen molar-refractivity contribution >= 4 is 5.96 Å². The lowest BCUT2D eigenvalue weighted by Gasteiger charge is -2.27. The molecule has 0 amide bonds. The van der Waals surface area contributed by atoms with Crippen LogP contribution in [0.3, 0.4) is 0 Å². The maximum Gasteiger partial charge on any atom is 0.191 e. The van der Waals surface area contributed by atoms with Crippen LogP contribution in [-0.4, -0.2) is 38.2 Å². The number of nitrogens with two attached hydrogens (primary N) is 1. The average molecular weight is 263 g/mol. The summed E-state index contributed by atoms with van der Waals surface area (Å²) in [4.78, 5) is 6.47. The number of methoxy groups -OCH3 is 2. The Hall–Kier alpha value is -1.91. The molecule has 1 atom stereocenters. The van der Waals surface area contributed by atoms with Crippen molar-refractivity contribution in [2.75, 3.05) is 27.3 Å². The van der Waals surface area contributed by atoms with Gasteiger partial charge in [-0.15, -0.1) is 0 Å². The molecule has 104 valence electrons. The highest BCUT2D eigenvalue weighted by atomic mass is 16.5. The largest absolute Gasteiger partial charge is 0.497 e. The van der Waals surface area contributed by atoms with Crippen LogP contribution < -0.4 is 15.2 Å². The van der Waals surface area contributed by atoms with Crippen LogP contribution in [0, 0.1) is 0 Å². The number of hydrogen-bond donors (Lipinski definition) is 1. The number of rotatable bonds is 5. The van der Waals surface area contributed by atoms with Gasteiger partial charge in [-0.2, -0.15) is 0 Å². The molecule has 0 radical (unpaired) electrons. The number of benzene rings is 1. The molecule has 5 heteroatoms. The lowest BCUT2D eigenvalue weighted by molar-refractivity contribution is 0.329. The predicted molar refractivity (Wildman–Crippen MR) is 75.8 cm³/mol. The van der Waals surface area contributed by atoms with Crippen LogP contribution in [0.25, 0.3) is 0 Å². The summed E-state index contributed by atoms with van der Waals surface area (Å²) in [5.74, 6) is 2.22. The number of ether oxygens (including phenoxy) is 2. The van der Waals surface area contributed by atoms with Crippen molar-refractivity contribution in [2.24, 2.45) is 10.7 Å². The highest BCUT2D eigenvalue weighted by Gasteiger charge is 2.29. The molecule has 0 spiro atoms. The minimum absolute atomic E-state index is 0.154. The van der Waals surface area contributed by atoms with Gasteiger partial charge in [0.05, 0.1) is 26.8 Å². The van der Waals surface area contributed by atoms with E-state index in [9.17, 15) is 0 Å². The van der Waals surface area contributed by atoms with Crippen LogP contribution in [0.15, 0.2) is 23.2 Å². The van der Waals surface area contributed by atoms with E-state index in [2.05, 4.69) is 16.8 Å². The van der Waals surface area contributed by atoms with Crippen LogP contribution in [0.5, 0.6) is 11.5 Å². The minimum Gasteiger partial charge on any atom is -0.497 e. The molecule has 0 aromatic heterocycles. The van der Waals surface area contributed by atoms with Crippen molar-refractivity contribution in [2.45, 2.75) is 19.4 Å². The molecule has 0 saturated carbocycles. The monoisotopic (exact) mass is 263 g/mol. The lowest BCUT2D eigenvalue weighted by atomic mass is 10.0. The first-order valence-electron chi connectivity index (χ1n) is 6.49. The molecule has 1 aliphatic heterocycles. The van der Waals surface area contributed by atoms with E-state index < -0.39 is 0 Å². The van der Waals surface area contributed by atoms with E-state index in [1.54, 1.807) is 14.2 Å². The zero-order valence-electron chi connectivity index (χ0n) is 11.7. The fourth-order valence-corrected chi connectivity index (χ4v) is 2.40. The summed E-state index contributed by atoms with van der Waals surface area (Å²) in [7, 11) is 3.32. The molecule has 0 aliphatic carbocycles. The lowest BCUT2D eigenvalue weighted by Crippen LogP contribution is -2.36. The molecule has 19 heavy (non-hydrogen) atoms. The van der Waals surface area contributed by atoms with Gasteiger partial charge in [-0.3, -0.25) is 4.99 Å². The smallest absolute Gasteiger partial charge is 0.191 e. The molecule has 2 rings (SSSR count). The Morgan fingerprint density at radius 1 is 1.37 bits per heavy atom. The van der Waals surface area contributed by atoms with Gasteiger partial charge >= 0.3 is 0 Å². The van der Waals surface area contributed by atoms with Crippen molar-refractivity contribution in [1.82, 2.24) is 4.90 Å². The molecule has 1 aromatic rings. The molecule has 1 heterocycles. The average Bonchev–Trinajstić information content (AvgIpc) is 2.80. The zero-order chi connectivity index (χ0) is 13.8. The second kappa shape index (κ2) is 5.82. The van der Waals surface area contributed by atoms with Crippen LogP contribution in [0.1, 0.15) is 24.9 Å². The molecule has 5 nitrogen and oxygen atoms in total. The SMILES string of the molecule is CCCN1C(N)=NCC1c1ccc(OC)cc1OC. The Balaban J connectivity index is 2.31. The predicted octanol–water partition coefficient (Wildman–Crippen LogP) is 1.79.